The molecule has 9 nitrogen and oxygen atoms in total. The molecule has 0 saturated carbocycles. The van der Waals surface area contributed by atoms with Crippen molar-refractivity contribution in [3.05, 3.63) is 0 Å². The third kappa shape index (κ3) is 11.3. The second-order valence-electron chi connectivity index (χ2n) is 7.26. The molecule has 0 aromatic heterocycles. The number of amides is 2. The van der Waals surface area contributed by atoms with Crippen LogP contribution in [-0.2, 0) is 14.2 Å². The van der Waals surface area contributed by atoms with Gasteiger partial charge in [-0.25, -0.2) is 14.5 Å². The molecule has 2 amide bonds. The quantitative estimate of drug-likeness (QED) is 0.352. The summed E-state index contributed by atoms with van der Waals surface area (Å²) in [7, 11) is 0. The van der Waals surface area contributed by atoms with Crippen LogP contribution in [0.5, 0.6) is 0 Å². The van der Waals surface area contributed by atoms with Gasteiger partial charge in [0.05, 0.1) is 13.2 Å². The molecule has 170 valence electrons. The summed E-state index contributed by atoms with van der Waals surface area (Å²) in [6.45, 7) is 13.5. The Morgan fingerprint density at radius 2 is 1.45 bits per heavy atom. The standard InChI is InChI=1S/C20H40N4O5/c1-5-7-9-21-19(25)28-17(3)24(12-11-23-13-15-27-16-14-23)18(4)29-20(26)22-10-8-6-2/h17-18H,5-16H2,1-4H3,(H,21,25)(H,22,26). The van der Waals surface area contributed by atoms with E-state index < -0.39 is 24.6 Å². The summed E-state index contributed by atoms with van der Waals surface area (Å²) >= 11 is 0. The maximum atomic E-state index is 12.1. The first-order chi connectivity index (χ1) is 14.0. The van der Waals surface area contributed by atoms with Gasteiger partial charge in [0.25, 0.3) is 0 Å². The monoisotopic (exact) mass is 416 g/mol. The zero-order chi connectivity index (χ0) is 21.5. The third-order valence-corrected chi connectivity index (χ3v) is 4.87. The summed E-state index contributed by atoms with van der Waals surface area (Å²) in [4.78, 5) is 28.3. The lowest BCUT2D eigenvalue weighted by Crippen LogP contribution is -2.50. The Bertz CT molecular complexity index is 430. The maximum absolute atomic E-state index is 12.1. The fourth-order valence-electron chi connectivity index (χ4n) is 3.00. The number of nitrogens with one attached hydrogen (secondary N) is 2. The molecule has 2 unspecified atom stereocenters. The largest absolute Gasteiger partial charge is 0.430 e. The predicted octanol–water partition coefficient (Wildman–Crippen LogP) is 2.37. The first-order valence-corrected chi connectivity index (χ1v) is 10.9. The maximum Gasteiger partial charge on any atom is 0.408 e. The second-order valence-corrected chi connectivity index (χ2v) is 7.26. The molecular formula is C20H40N4O5. The number of carbonyl (C=O) groups is 2. The van der Waals surface area contributed by atoms with Gasteiger partial charge in [0.15, 0.2) is 12.5 Å². The summed E-state index contributed by atoms with van der Waals surface area (Å²) < 4.78 is 16.4. The Morgan fingerprint density at radius 3 is 1.90 bits per heavy atom. The van der Waals surface area contributed by atoms with Crippen LogP contribution in [0.4, 0.5) is 9.59 Å². The van der Waals surface area contributed by atoms with E-state index in [4.69, 9.17) is 14.2 Å². The SMILES string of the molecule is CCCCNC(=O)OC(C)N(CCN1CCOCC1)C(C)OC(=O)NCCCC. The minimum absolute atomic E-state index is 0.457. The lowest BCUT2D eigenvalue weighted by Gasteiger charge is -2.35. The number of hydrogen-bond donors (Lipinski definition) is 2. The number of morpholine rings is 1. The van der Waals surface area contributed by atoms with Crippen LogP contribution in [0.3, 0.4) is 0 Å². The van der Waals surface area contributed by atoms with Crippen LogP contribution in [0.2, 0.25) is 0 Å². The molecule has 0 aliphatic carbocycles. The van der Waals surface area contributed by atoms with Gasteiger partial charge in [0, 0.05) is 39.3 Å². The lowest BCUT2D eigenvalue weighted by atomic mass is 10.3. The molecule has 1 saturated heterocycles. The number of nitrogens with zero attached hydrogens (tertiary/aromatic N) is 2. The lowest BCUT2D eigenvalue weighted by molar-refractivity contribution is -0.0960. The van der Waals surface area contributed by atoms with Gasteiger partial charge in [-0.1, -0.05) is 26.7 Å². The van der Waals surface area contributed by atoms with Crippen LogP contribution in [-0.4, -0.2) is 86.9 Å². The molecule has 1 fully saturated rings. The van der Waals surface area contributed by atoms with Gasteiger partial charge in [0.1, 0.15) is 0 Å². The van der Waals surface area contributed by atoms with Crippen LogP contribution in [0, 0.1) is 0 Å². The number of hydrogen-bond acceptors (Lipinski definition) is 7. The Kier molecular flexibility index (Phi) is 13.4. The highest BCUT2D eigenvalue weighted by Gasteiger charge is 2.26. The predicted molar refractivity (Wildman–Crippen MR) is 112 cm³/mol. The molecular weight excluding hydrogens is 376 g/mol. The summed E-state index contributed by atoms with van der Waals surface area (Å²) in [5, 5.41) is 5.51. The van der Waals surface area contributed by atoms with E-state index in [-0.39, 0.29) is 0 Å². The molecule has 0 aromatic carbocycles. The summed E-state index contributed by atoms with van der Waals surface area (Å²) in [5.41, 5.74) is 0. The van der Waals surface area contributed by atoms with E-state index in [1.165, 1.54) is 0 Å². The van der Waals surface area contributed by atoms with E-state index >= 15 is 0 Å². The summed E-state index contributed by atoms with van der Waals surface area (Å²) in [6, 6.07) is 0. The van der Waals surface area contributed by atoms with Crippen molar-refractivity contribution in [3.63, 3.8) is 0 Å². The minimum atomic E-state index is -0.531. The van der Waals surface area contributed by atoms with E-state index in [0.717, 1.165) is 58.5 Å². The van der Waals surface area contributed by atoms with Crippen molar-refractivity contribution in [3.8, 4) is 0 Å². The average molecular weight is 417 g/mol. The van der Waals surface area contributed by atoms with E-state index in [1.807, 2.05) is 4.90 Å². The van der Waals surface area contributed by atoms with Gasteiger partial charge in [-0.05, 0) is 26.7 Å². The van der Waals surface area contributed by atoms with Crippen molar-refractivity contribution in [1.82, 2.24) is 20.4 Å². The van der Waals surface area contributed by atoms with Crippen LogP contribution >= 0.6 is 0 Å². The fraction of sp³-hybridized carbons (Fsp3) is 0.900. The normalized spacial score (nSPS) is 16.9. The second kappa shape index (κ2) is 15.3. The topological polar surface area (TPSA) is 92.4 Å². The van der Waals surface area contributed by atoms with Crippen LogP contribution in [0.15, 0.2) is 0 Å². The molecule has 0 spiro atoms. The average Bonchev–Trinajstić information content (AvgIpc) is 2.69. The summed E-state index contributed by atoms with van der Waals surface area (Å²) in [5.74, 6) is 0. The van der Waals surface area contributed by atoms with Gasteiger partial charge in [-0.2, -0.15) is 0 Å². The molecule has 9 heteroatoms. The Morgan fingerprint density at radius 1 is 0.966 bits per heavy atom. The van der Waals surface area contributed by atoms with Gasteiger partial charge in [-0.15, -0.1) is 0 Å². The van der Waals surface area contributed by atoms with Crippen molar-refractivity contribution >= 4 is 12.2 Å². The summed E-state index contributed by atoms with van der Waals surface area (Å²) in [6.07, 6.45) is 1.83. The van der Waals surface area contributed by atoms with Gasteiger partial charge in [-0.3, -0.25) is 4.90 Å². The number of ether oxygens (including phenoxy) is 3. The smallest absolute Gasteiger partial charge is 0.408 e. The minimum Gasteiger partial charge on any atom is -0.430 e. The first-order valence-electron chi connectivity index (χ1n) is 10.9. The highest BCUT2D eigenvalue weighted by atomic mass is 16.6. The van der Waals surface area contributed by atoms with E-state index in [2.05, 4.69) is 29.4 Å². The molecule has 0 bridgehead atoms. The Balaban J connectivity index is 2.59. The van der Waals surface area contributed by atoms with Gasteiger partial charge < -0.3 is 24.8 Å². The highest BCUT2D eigenvalue weighted by molar-refractivity contribution is 5.67. The van der Waals surface area contributed by atoms with Crippen LogP contribution < -0.4 is 10.6 Å². The van der Waals surface area contributed by atoms with Crippen molar-refractivity contribution in [2.75, 3.05) is 52.5 Å². The molecule has 1 rings (SSSR count). The number of rotatable bonds is 13. The Labute approximate surface area is 175 Å². The molecule has 2 N–H and O–H groups in total. The van der Waals surface area contributed by atoms with Gasteiger partial charge in [0.2, 0.25) is 0 Å². The van der Waals surface area contributed by atoms with Crippen LogP contribution in [0.1, 0.15) is 53.4 Å². The van der Waals surface area contributed by atoms with Gasteiger partial charge >= 0.3 is 12.2 Å². The van der Waals surface area contributed by atoms with Crippen molar-refractivity contribution in [1.29, 1.82) is 0 Å². The molecule has 0 radical (unpaired) electrons. The van der Waals surface area contributed by atoms with E-state index in [9.17, 15) is 9.59 Å². The van der Waals surface area contributed by atoms with Crippen molar-refractivity contribution < 1.29 is 23.8 Å². The Hall–Kier alpha value is -1.58. The number of alkyl carbamates (subject to hydrolysis) is 2. The highest BCUT2D eigenvalue weighted by Crippen LogP contribution is 2.10. The fourth-order valence-corrected chi connectivity index (χ4v) is 3.00. The third-order valence-electron chi connectivity index (χ3n) is 4.87. The molecule has 1 aliphatic heterocycles. The zero-order valence-corrected chi connectivity index (χ0v) is 18.6. The van der Waals surface area contributed by atoms with Crippen molar-refractivity contribution in [2.45, 2.75) is 65.8 Å². The number of unbranched alkanes of at least 4 members (excludes halogenated alkanes) is 2. The number of carbonyl (C=O) groups excluding carboxylic acids is 2. The molecule has 2 atom stereocenters. The van der Waals surface area contributed by atoms with E-state index in [1.54, 1.807) is 13.8 Å². The molecule has 0 aromatic rings. The molecule has 1 heterocycles. The first kappa shape index (κ1) is 25.5. The van der Waals surface area contributed by atoms with E-state index in [0.29, 0.717) is 19.6 Å². The van der Waals surface area contributed by atoms with Crippen LogP contribution in [0.25, 0.3) is 0 Å². The molecule has 1 aliphatic rings. The molecule has 29 heavy (non-hydrogen) atoms. The zero-order valence-electron chi connectivity index (χ0n) is 18.6. The van der Waals surface area contributed by atoms with Crippen molar-refractivity contribution in [2.24, 2.45) is 0 Å².